The molecule has 0 aromatic carbocycles. The van der Waals surface area contributed by atoms with Gasteiger partial charge in [0.1, 0.15) is 5.60 Å². The van der Waals surface area contributed by atoms with E-state index in [1.54, 1.807) is 34.6 Å². The summed E-state index contributed by atoms with van der Waals surface area (Å²) in [4.78, 5) is 13.3. The minimum absolute atomic E-state index is 0.00694. The zero-order valence-corrected chi connectivity index (χ0v) is 17.1. The number of hydrogen-bond acceptors (Lipinski definition) is 3. The van der Waals surface area contributed by atoms with Crippen LogP contribution < -0.4 is 5.32 Å². The molecular weight excluding hydrogens is 364 g/mol. The summed E-state index contributed by atoms with van der Waals surface area (Å²) in [5.41, 5.74) is -0.592. The van der Waals surface area contributed by atoms with E-state index in [-0.39, 0.29) is 31.7 Å². The number of carbonyl (C=O) groups excluding carboxylic acids is 1. The standard InChI is InChI=1S/C12H21F2NO2.C7H13F2N/c1-9-8-12(13,14)6-5-7-15(9)10(16)17-11(2,3)4;1-6-5-7(8,9)3-2-4-10-6/h9H,5-8H2,1-4H3;6,10H,2-5H2,1H3. The molecule has 2 aliphatic heterocycles. The first-order valence-corrected chi connectivity index (χ1v) is 9.69. The number of alkyl halides is 4. The predicted molar refractivity (Wildman–Crippen MR) is 97.5 cm³/mol. The fourth-order valence-electron chi connectivity index (χ4n) is 3.28. The Morgan fingerprint density at radius 1 is 1.04 bits per heavy atom. The predicted octanol–water partition coefficient (Wildman–Crippen LogP) is 5.21. The van der Waals surface area contributed by atoms with Crippen LogP contribution >= 0.6 is 0 Å². The maximum Gasteiger partial charge on any atom is 0.410 e. The van der Waals surface area contributed by atoms with Crippen molar-refractivity contribution < 1.29 is 27.1 Å². The molecule has 0 aromatic rings. The lowest BCUT2D eigenvalue weighted by molar-refractivity contribution is -0.0259. The van der Waals surface area contributed by atoms with Crippen molar-refractivity contribution in [3.05, 3.63) is 0 Å². The van der Waals surface area contributed by atoms with Gasteiger partial charge in [0.05, 0.1) is 0 Å². The molecule has 0 bridgehead atoms. The molecule has 0 spiro atoms. The Bertz CT molecular complexity index is 481. The quantitative estimate of drug-likeness (QED) is 0.569. The molecule has 1 amide bonds. The van der Waals surface area contributed by atoms with Gasteiger partial charge >= 0.3 is 6.09 Å². The van der Waals surface area contributed by atoms with E-state index in [1.165, 1.54) is 4.90 Å². The number of halogens is 4. The molecule has 27 heavy (non-hydrogen) atoms. The Morgan fingerprint density at radius 2 is 1.59 bits per heavy atom. The molecule has 160 valence electrons. The van der Waals surface area contributed by atoms with Gasteiger partial charge in [-0.25, -0.2) is 22.4 Å². The van der Waals surface area contributed by atoms with Crippen LogP contribution in [0, 0.1) is 0 Å². The average molecular weight is 398 g/mol. The van der Waals surface area contributed by atoms with E-state index in [1.807, 2.05) is 0 Å². The van der Waals surface area contributed by atoms with Crippen molar-refractivity contribution in [1.29, 1.82) is 0 Å². The minimum Gasteiger partial charge on any atom is -0.444 e. The van der Waals surface area contributed by atoms with Crippen molar-refractivity contribution >= 4 is 6.09 Å². The third-order valence-electron chi connectivity index (χ3n) is 4.51. The fourth-order valence-corrected chi connectivity index (χ4v) is 3.28. The second-order valence-corrected chi connectivity index (χ2v) is 8.71. The van der Waals surface area contributed by atoms with E-state index >= 15 is 0 Å². The molecule has 0 aliphatic carbocycles. The normalized spacial score (nSPS) is 28.3. The first-order chi connectivity index (χ1) is 12.2. The highest BCUT2D eigenvalue weighted by atomic mass is 19.3. The molecule has 2 rings (SSSR count). The van der Waals surface area contributed by atoms with Crippen LogP contribution in [-0.2, 0) is 4.74 Å². The number of nitrogens with one attached hydrogen (secondary N) is 1. The number of hydrogen-bond donors (Lipinski definition) is 1. The zero-order chi connectivity index (χ0) is 20.9. The molecule has 2 heterocycles. The van der Waals surface area contributed by atoms with Crippen molar-refractivity contribution in [2.24, 2.45) is 0 Å². The third kappa shape index (κ3) is 9.63. The van der Waals surface area contributed by atoms with Gasteiger partial charge in [0.25, 0.3) is 0 Å². The van der Waals surface area contributed by atoms with Crippen molar-refractivity contribution in [3.8, 4) is 0 Å². The van der Waals surface area contributed by atoms with Gasteiger partial charge < -0.3 is 15.0 Å². The average Bonchev–Trinajstić information content (AvgIpc) is 2.69. The number of likely N-dealkylation sites (tertiary alicyclic amines) is 1. The Kier molecular flexibility index (Phi) is 8.38. The zero-order valence-electron chi connectivity index (χ0n) is 17.1. The topological polar surface area (TPSA) is 41.6 Å². The highest BCUT2D eigenvalue weighted by Crippen LogP contribution is 2.32. The minimum atomic E-state index is -2.67. The highest BCUT2D eigenvalue weighted by molar-refractivity contribution is 5.68. The number of amides is 1. The molecule has 0 saturated carbocycles. The van der Waals surface area contributed by atoms with Crippen molar-refractivity contribution in [1.82, 2.24) is 10.2 Å². The fraction of sp³-hybridized carbons (Fsp3) is 0.947. The lowest BCUT2D eigenvalue weighted by Crippen LogP contribution is -2.42. The molecule has 0 radical (unpaired) electrons. The van der Waals surface area contributed by atoms with E-state index in [4.69, 9.17) is 4.74 Å². The van der Waals surface area contributed by atoms with E-state index in [2.05, 4.69) is 5.32 Å². The summed E-state index contributed by atoms with van der Waals surface area (Å²) in [5.74, 6) is -5.10. The molecule has 2 aliphatic rings. The summed E-state index contributed by atoms with van der Waals surface area (Å²) in [7, 11) is 0. The number of carbonyl (C=O) groups is 1. The van der Waals surface area contributed by atoms with Crippen molar-refractivity contribution in [2.75, 3.05) is 13.1 Å². The molecule has 4 nitrogen and oxygen atoms in total. The SMILES string of the molecule is CC1CC(F)(F)CCCN1.CC1CC(F)(F)CCCN1C(=O)OC(C)(C)C. The first kappa shape index (κ1) is 24.0. The number of ether oxygens (including phenoxy) is 1. The summed E-state index contributed by atoms with van der Waals surface area (Å²) in [6.45, 7) is 9.82. The summed E-state index contributed by atoms with van der Waals surface area (Å²) < 4.78 is 57.2. The van der Waals surface area contributed by atoms with Crippen LogP contribution in [0.15, 0.2) is 0 Å². The summed E-state index contributed by atoms with van der Waals surface area (Å²) in [5, 5.41) is 3.02. The summed E-state index contributed by atoms with van der Waals surface area (Å²) in [6, 6.07) is -0.514. The maximum atomic E-state index is 13.3. The number of rotatable bonds is 0. The highest BCUT2D eigenvalue weighted by Gasteiger charge is 2.38. The largest absolute Gasteiger partial charge is 0.444 e. The van der Waals surface area contributed by atoms with Gasteiger partial charge in [-0.1, -0.05) is 0 Å². The van der Waals surface area contributed by atoms with Gasteiger partial charge in [0, 0.05) is 44.3 Å². The van der Waals surface area contributed by atoms with Crippen LogP contribution in [0.1, 0.15) is 73.1 Å². The van der Waals surface area contributed by atoms with Crippen molar-refractivity contribution in [3.63, 3.8) is 0 Å². The molecule has 1 N–H and O–H groups in total. The second kappa shape index (κ2) is 9.43. The second-order valence-electron chi connectivity index (χ2n) is 8.71. The third-order valence-corrected chi connectivity index (χ3v) is 4.51. The molecule has 2 saturated heterocycles. The first-order valence-electron chi connectivity index (χ1n) is 9.69. The van der Waals surface area contributed by atoms with Crippen LogP contribution in [0.3, 0.4) is 0 Å². The Labute approximate surface area is 160 Å². The Hall–Kier alpha value is -1.05. The van der Waals surface area contributed by atoms with Crippen molar-refractivity contribution in [2.45, 2.75) is 103 Å². The van der Waals surface area contributed by atoms with Gasteiger partial charge in [0.15, 0.2) is 0 Å². The van der Waals surface area contributed by atoms with Crippen LogP contribution in [0.2, 0.25) is 0 Å². The molecule has 2 atom stereocenters. The molecule has 0 aromatic heterocycles. The Morgan fingerprint density at radius 3 is 2.19 bits per heavy atom. The van der Waals surface area contributed by atoms with E-state index in [0.29, 0.717) is 19.4 Å². The van der Waals surface area contributed by atoms with Gasteiger partial charge in [-0.3, -0.25) is 0 Å². The van der Waals surface area contributed by atoms with E-state index < -0.39 is 29.6 Å². The van der Waals surface area contributed by atoms with E-state index in [0.717, 1.165) is 6.54 Å². The van der Waals surface area contributed by atoms with Gasteiger partial charge in [-0.05, 0) is 54.0 Å². The molecule has 2 unspecified atom stereocenters. The van der Waals surface area contributed by atoms with Gasteiger partial charge in [0.2, 0.25) is 11.8 Å². The lowest BCUT2D eigenvalue weighted by atomic mass is 10.1. The summed E-state index contributed by atoms with van der Waals surface area (Å²) in [6.07, 6.45) is 0.0106. The Balaban J connectivity index is 0.000000309. The van der Waals surface area contributed by atoms with Crippen LogP contribution in [0.4, 0.5) is 22.4 Å². The van der Waals surface area contributed by atoms with E-state index in [9.17, 15) is 22.4 Å². The van der Waals surface area contributed by atoms with Gasteiger partial charge in [-0.2, -0.15) is 0 Å². The number of nitrogens with zero attached hydrogens (tertiary/aromatic N) is 1. The van der Waals surface area contributed by atoms with Crippen LogP contribution in [0.25, 0.3) is 0 Å². The summed E-state index contributed by atoms with van der Waals surface area (Å²) >= 11 is 0. The van der Waals surface area contributed by atoms with Crippen LogP contribution in [0.5, 0.6) is 0 Å². The smallest absolute Gasteiger partial charge is 0.410 e. The van der Waals surface area contributed by atoms with Gasteiger partial charge in [-0.15, -0.1) is 0 Å². The molecule has 2 fully saturated rings. The molecular formula is C19H34F4N2O2. The monoisotopic (exact) mass is 398 g/mol. The lowest BCUT2D eigenvalue weighted by Gasteiger charge is -2.30. The maximum absolute atomic E-state index is 13.3. The van der Waals surface area contributed by atoms with Crippen LogP contribution in [-0.4, -0.2) is 53.6 Å². The molecule has 8 heteroatoms.